The lowest BCUT2D eigenvalue weighted by Gasteiger charge is -2.18. The first kappa shape index (κ1) is 17.3. The molecular weight excluding hydrogens is 354 g/mol. The molecule has 10 nitrogen and oxygen atoms in total. The molecule has 3 amide bonds. The quantitative estimate of drug-likeness (QED) is 0.726. The number of aromatic nitrogens is 2. The first-order valence-electron chi connectivity index (χ1n) is 8.73. The number of ether oxygens (including phenoxy) is 2. The number of urea groups is 1. The van der Waals surface area contributed by atoms with Gasteiger partial charge in [-0.15, -0.1) is 0 Å². The summed E-state index contributed by atoms with van der Waals surface area (Å²) < 4.78 is 16.0. The monoisotopic (exact) mass is 373 g/mol. The zero-order chi connectivity index (χ0) is 18.6. The van der Waals surface area contributed by atoms with Crippen molar-refractivity contribution in [2.75, 3.05) is 30.4 Å². The van der Waals surface area contributed by atoms with Gasteiger partial charge in [-0.3, -0.25) is 4.79 Å². The van der Waals surface area contributed by atoms with Gasteiger partial charge in [-0.2, -0.15) is 4.98 Å². The van der Waals surface area contributed by atoms with Crippen LogP contribution in [0.15, 0.2) is 22.7 Å². The molecule has 1 saturated heterocycles. The summed E-state index contributed by atoms with van der Waals surface area (Å²) in [6.45, 7) is 1.03. The predicted molar refractivity (Wildman–Crippen MR) is 93.5 cm³/mol. The lowest BCUT2D eigenvalue weighted by atomic mass is 10.2. The van der Waals surface area contributed by atoms with Crippen molar-refractivity contribution in [3.8, 4) is 5.75 Å². The number of hydrogen-bond acceptors (Lipinski definition) is 7. The van der Waals surface area contributed by atoms with Crippen LogP contribution in [0.25, 0.3) is 0 Å². The summed E-state index contributed by atoms with van der Waals surface area (Å²) in [5.74, 6) is 1.33. The summed E-state index contributed by atoms with van der Waals surface area (Å²) in [7, 11) is 0. The van der Waals surface area contributed by atoms with Gasteiger partial charge in [-0.05, 0) is 25.0 Å². The first-order valence-corrected chi connectivity index (χ1v) is 8.73. The van der Waals surface area contributed by atoms with Gasteiger partial charge in [-0.1, -0.05) is 5.16 Å². The van der Waals surface area contributed by atoms with Gasteiger partial charge < -0.3 is 29.9 Å². The number of nitrogens with one attached hydrogen (secondary N) is 3. The zero-order valence-corrected chi connectivity index (χ0v) is 14.5. The van der Waals surface area contributed by atoms with Gasteiger partial charge >= 0.3 is 6.03 Å². The average Bonchev–Trinajstić information content (AvgIpc) is 3.33. The number of amides is 3. The Hall–Kier alpha value is -3.14. The van der Waals surface area contributed by atoms with Crippen LogP contribution in [0.3, 0.4) is 0 Å². The van der Waals surface area contributed by atoms with Crippen LogP contribution in [0.4, 0.5) is 16.2 Å². The molecule has 0 spiro atoms. The van der Waals surface area contributed by atoms with E-state index in [1.54, 1.807) is 18.2 Å². The smallest absolute Gasteiger partial charge is 0.319 e. The lowest BCUT2D eigenvalue weighted by molar-refractivity contribution is -0.118. The minimum atomic E-state index is -0.363. The third-order valence-corrected chi connectivity index (χ3v) is 4.20. The van der Waals surface area contributed by atoms with Crippen LogP contribution >= 0.6 is 0 Å². The molecule has 1 fully saturated rings. The standard InChI is InChI=1S/C17H19N5O5/c23-15-9-26-13-8-10(3-4-11(13)20-15)19-17(24)18-6-5-14-21-16(27-22-14)12-2-1-7-25-12/h3-4,8,12H,1-2,5-7,9H2,(H,20,23)(H2,18,19,24)/t12-/m1/s1. The van der Waals surface area contributed by atoms with E-state index in [4.69, 9.17) is 14.0 Å². The first-order chi connectivity index (χ1) is 13.2. The molecule has 0 saturated carbocycles. The number of carbonyl (C=O) groups is 2. The van der Waals surface area contributed by atoms with Crippen LogP contribution in [0.2, 0.25) is 0 Å². The van der Waals surface area contributed by atoms with Gasteiger partial charge in [0.05, 0.1) is 5.69 Å². The van der Waals surface area contributed by atoms with Gasteiger partial charge in [0.2, 0.25) is 0 Å². The van der Waals surface area contributed by atoms with Crippen LogP contribution in [-0.2, 0) is 16.0 Å². The third kappa shape index (κ3) is 4.17. The highest BCUT2D eigenvalue weighted by Gasteiger charge is 2.23. The Labute approximate surface area is 154 Å². The van der Waals surface area contributed by atoms with Crippen molar-refractivity contribution in [1.29, 1.82) is 0 Å². The predicted octanol–water partition coefficient (Wildman–Crippen LogP) is 1.62. The number of fused-ring (bicyclic) bond motifs is 1. The summed E-state index contributed by atoms with van der Waals surface area (Å²) in [4.78, 5) is 27.6. The second-order valence-electron chi connectivity index (χ2n) is 6.23. The number of rotatable bonds is 5. The van der Waals surface area contributed by atoms with Crippen LogP contribution in [-0.4, -0.2) is 41.8 Å². The van der Waals surface area contributed by atoms with Crippen LogP contribution < -0.4 is 20.7 Å². The number of benzene rings is 1. The lowest BCUT2D eigenvalue weighted by Crippen LogP contribution is -2.31. The fraction of sp³-hybridized carbons (Fsp3) is 0.412. The molecule has 0 radical (unpaired) electrons. The van der Waals surface area contributed by atoms with Crippen LogP contribution in [0.1, 0.15) is 30.7 Å². The summed E-state index contributed by atoms with van der Waals surface area (Å²) >= 11 is 0. The van der Waals surface area contributed by atoms with E-state index >= 15 is 0 Å². The Bertz CT molecular complexity index is 846. The molecule has 10 heteroatoms. The molecule has 1 aromatic heterocycles. The maximum Gasteiger partial charge on any atom is 0.319 e. The van der Waals surface area contributed by atoms with Crippen molar-refractivity contribution < 1.29 is 23.6 Å². The molecular formula is C17H19N5O5. The van der Waals surface area contributed by atoms with Gasteiger partial charge in [0.25, 0.3) is 11.8 Å². The molecule has 2 aliphatic heterocycles. The van der Waals surface area contributed by atoms with Crippen molar-refractivity contribution in [3.63, 3.8) is 0 Å². The minimum Gasteiger partial charge on any atom is -0.482 e. The molecule has 142 valence electrons. The van der Waals surface area contributed by atoms with Crippen molar-refractivity contribution in [3.05, 3.63) is 29.9 Å². The molecule has 0 bridgehead atoms. The normalized spacial score (nSPS) is 18.4. The van der Waals surface area contributed by atoms with Crippen LogP contribution in [0, 0.1) is 0 Å². The van der Waals surface area contributed by atoms with Gasteiger partial charge in [0.1, 0.15) is 11.9 Å². The highest BCUT2D eigenvalue weighted by molar-refractivity contribution is 5.96. The summed E-state index contributed by atoms with van der Waals surface area (Å²) in [5, 5.41) is 12.0. The molecule has 4 rings (SSSR count). The second kappa shape index (κ2) is 7.62. The molecule has 3 N–H and O–H groups in total. The van der Waals surface area contributed by atoms with E-state index in [1.807, 2.05) is 0 Å². The van der Waals surface area contributed by atoms with Gasteiger partial charge in [0.15, 0.2) is 12.4 Å². The summed E-state index contributed by atoms with van der Waals surface area (Å²) in [5.41, 5.74) is 1.14. The Balaban J connectivity index is 1.25. The van der Waals surface area contributed by atoms with E-state index < -0.39 is 0 Å². The van der Waals surface area contributed by atoms with E-state index in [2.05, 4.69) is 26.1 Å². The van der Waals surface area contributed by atoms with E-state index in [9.17, 15) is 9.59 Å². The number of anilines is 2. The number of hydrogen-bond donors (Lipinski definition) is 3. The molecule has 27 heavy (non-hydrogen) atoms. The average molecular weight is 373 g/mol. The zero-order valence-electron chi connectivity index (χ0n) is 14.5. The third-order valence-electron chi connectivity index (χ3n) is 4.20. The van der Waals surface area contributed by atoms with E-state index in [0.717, 1.165) is 12.8 Å². The minimum absolute atomic E-state index is 0.0404. The summed E-state index contributed by atoms with van der Waals surface area (Å²) in [6.07, 6.45) is 2.21. The maximum absolute atomic E-state index is 12.0. The highest BCUT2D eigenvalue weighted by atomic mass is 16.5. The molecule has 0 aliphatic carbocycles. The van der Waals surface area contributed by atoms with Crippen molar-refractivity contribution in [1.82, 2.24) is 15.5 Å². The van der Waals surface area contributed by atoms with Crippen molar-refractivity contribution in [2.45, 2.75) is 25.4 Å². The van der Waals surface area contributed by atoms with Gasteiger partial charge in [-0.25, -0.2) is 4.79 Å². The highest BCUT2D eigenvalue weighted by Crippen LogP contribution is 2.30. The fourth-order valence-corrected chi connectivity index (χ4v) is 2.89. The Morgan fingerprint density at radius 1 is 1.37 bits per heavy atom. The Morgan fingerprint density at radius 2 is 2.30 bits per heavy atom. The van der Waals surface area contributed by atoms with Crippen LogP contribution in [0.5, 0.6) is 5.75 Å². The molecule has 2 aromatic rings. The maximum atomic E-state index is 12.0. The Morgan fingerprint density at radius 3 is 3.15 bits per heavy atom. The van der Waals surface area contributed by atoms with Gasteiger partial charge in [0, 0.05) is 31.3 Å². The van der Waals surface area contributed by atoms with E-state index in [-0.39, 0.29) is 24.6 Å². The summed E-state index contributed by atoms with van der Waals surface area (Å²) in [6, 6.07) is 4.65. The molecule has 1 atom stereocenters. The number of carbonyl (C=O) groups excluding carboxylic acids is 2. The Kier molecular flexibility index (Phi) is 4.88. The van der Waals surface area contributed by atoms with E-state index in [0.29, 0.717) is 48.4 Å². The largest absolute Gasteiger partial charge is 0.482 e. The number of nitrogens with zero attached hydrogens (tertiary/aromatic N) is 2. The van der Waals surface area contributed by atoms with Crippen molar-refractivity contribution >= 4 is 23.3 Å². The van der Waals surface area contributed by atoms with E-state index in [1.165, 1.54) is 0 Å². The topological polar surface area (TPSA) is 128 Å². The molecule has 1 aromatic carbocycles. The molecule has 2 aliphatic rings. The molecule has 0 unspecified atom stereocenters. The second-order valence-corrected chi connectivity index (χ2v) is 6.23. The SMILES string of the molecule is O=C1COc2cc(NC(=O)NCCc3noc([C@H]4CCCO4)n3)ccc2N1. The fourth-order valence-electron chi connectivity index (χ4n) is 2.89. The van der Waals surface area contributed by atoms with Crippen molar-refractivity contribution in [2.24, 2.45) is 0 Å². The molecule has 3 heterocycles.